The highest BCUT2D eigenvalue weighted by molar-refractivity contribution is 6.37. The molecule has 0 radical (unpaired) electrons. The normalized spacial score (nSPS) is 10.2. The Morgan fingerprint density at radius 3 is 2.56 bits per heavy atom. The van der Waals surface area contributed by atoms with E-state index < -0.39 is 0 Å². The molecule has 0 aliphatic heterocycles. The first kappa shape index (κ1) is 13.6. The van der Waals surface area contributed by atoms with Crippen molar-refractivity contribution in [1.29, 1.82) is 0 Å². The lowest BCUT2D eigenvalue weighted by atomic mass is 10.1. The van der Waals surface area contributed by atoms with Crippen LogP contribution in [0.3, 0.4) is 0 Å². The van der Waals surface area contributed by atoms with Crippen LogP contribution >= 0.6 is 34.8 Å². The molecule has 0 aromatic heterocycles. The van der Waals surface area contributed by atoms with Gasteiger partial charge in [-0.2, -0.15) is 0 Å². The van der Waals surface area contributed by atoms with E-state index in [0.717, 1.165) is 0 Å². The van der Waals surface area contributed by atoms with Crippen molar-refractivity contribution in [3.63, 3.8) is 0 Å². The van der Waals surface area contributed by atoms with Crippen LogP contribution in [0.5, 0.6) is 5.75 Å². The first-order chi connectivity index (χ1) is 7.60. The first-order valence-corrected chi connectivity index (χ1v) is 6.01. The van der Waals surface area contributed by atoms with Crippen LogP contribution < -0.4 is 4.74 Å². The highest BCUT2D eigenvalue weighted by atomic mass is 35.5. The molecule has 0 unspecified atom stereocenters. The predicted octanol–water partition coefficient (Wildman–Crippen LogP) is 4.20. The molecule has 0 aliphatic carbocycles. The second kappa shape index (κ2) is 6.33. The summed E-state index contributed by atoms with van der Waals surface area (Å²) in [6.07, 6.45) is 0.996. The number of rotatable bonds is 5. The summed E-state index contributed by atoms with van der Waals surface area (Å²) in [5, 5.41) is 0.728. The van der Waals surface area contributed by atoms with Crippen molar-refractivity contribution in [1.82, 2.24) is 0 Å². The third-order valence-electron chi connectivity index (χ3n) is 2.08. The smallest absolute Gasteiger partial charge is 0.164 e. The van der Waals surface area contributed by atoms with E-state index in [0.29, 0.717) is 40.1 Å². The van der Waals surface area contributed by atoms with Crippen LogP contribution in [0.1, 0.15) is 23.2 Å². The second-order valence-electron chi connectivity index (χ2n) is 3.18. The van der Waals surface area contributed by atoms with Crippen LogP contribution in [0, 0.1) is 0 Å². The Morgan fingerprint density at radius 1 is 1.31 bits per heavy atom. The van der Waals surface area contributed by atoms with Gasteiger partial charge >= 0.3 is 0 Å². The number of halogens is 3. The zero-order chi connectivity index (χ0) is 12.1. The molecule has 0 spiro atoms. The van der Waals surface area contributed by atoms with Crippen LogP contribution in [0.4, 0.5) is 0 Å². The molecule has 0 atom stereocenters. The summed E-state index contributed by atoms with van der Waals surface area (Å²) < 4.78 is 5.03. The molecular formula is C11H11Cl3O2. The number of carbonyl (C=O) groups excluding carboxylic acids is 1. The lowest BCUT2D eigenvalue weighted by Crippen LogP contribution is -2.01. The summed E-state index contributed by atoms with van der Waals surface area (Å²) in [5.41, 5.74) is 0.424. The molecule has 0 saturated carbocycles. The molecule has 0 bridgehead atoms. The standard InChI is InChI=1S/C11H11Cl3O2/c1-16-11-5-7(8(13)6-9(11)14)10(15)3-2-4-12/h5-6H,2-4H2,1H3. The summed E-state index contributed by atoms with van der Waals surface area (Å²) in [5.74, 6) is 0.842. The van der Waals surface area contributed by atoms with Gasteiger partial charge in [0.15, 0.2) is 5.78 Å². The van der Waals surface area contributed by atoms with Crippen molar-refractivity contribution < 1.29 is 9.53 Å². The minimum atomic E-state index is -0.0550. The van der Waals surface area contributed by atoms with Gasteiger partial charge in [0, 0.05) is 17.9 Å². The van der Waals surface area contributed by atoms with E-state index in [-0.39, 0.29) is 5.78 Å². The summed E-state index contributed by atoms with van der Waals surface area (Å²) >= 11 is 17.3. The van der Waals surface area contributed by atoms with Crippen molar-refractivity contribution in [3.05, 3.63) is 27.7 Å². The third-order valence-corrected chi connectivity index (χ3v) is 2.95. The molecule has 16 heavy (non-hydrogen) atoms. The third kappa shape index (κ3) is 3.27. The van der Waals surface area contributed by atoms with Gasteiger partial charge in [0.25, 0.3) is 0 Å². The molecule has 5 heteroatoms. The fourth-order valence-corrected chi connectivity index (χ4v) is 1.96. The molecule has 0 aliphatic rings. The zero-order valence-electron chi connectivity index (χ0n) is 8.73. The number of alkyl halides is 1. The van der Waals surface area contributed by atoms with Gasteiger partial charge in [0.05, 0.1) is 17.2 Å². The van der Waals surface area contributed by atoms with E-state index in [1.54, 1.807) is 6.07 Å². The molecule has 2 nitrogen and oxygen atoms in total. The van der Waals surface area contributed by atoms with E-state index in [2.05, 4.69) is 0 Å². The van der Waals surface area contributed by atoms with Crippen LogP contribution in [-0.2, 0) is 0 Å². The molecule has 1 rings (SSSR count). The van der Waals surface area contributed by atoms with Gasteiger partial charge in [-0.25, -0.2) is 0 Å². The number of methoxy groups -OCH3 is 1. The van der Waals surface area contributed by atoms with Crippen LogP contribution in [-0.4, -0.2) is 18.8 Å². The van der Waals surface area contributed by atoms with Crippen molar-refractivity contribution >= 4 is 40.6 Å². The average molecular weight is 282 g/mol. The number of hydrogen-bond donors (Lipinski definition) is 0. The Balaban J connectivity index is 2.99. The maximum atomic E-state index is 11.8. The summed E-state index contributed by atoms with van der Waals surface area (Å²) in [4.78, 5) is 11.8. The molecule has 0 amide bonds. The van der Waals surface area contributed by atoms with Crippen LogP contribution in [0.25, 0.3) is 0 Å². The number of ketones is 1. The van der Waals surface area contributed by atoms with Crippen LogP contribution in [0.15, 0.2) is 12.1 Å². The van der Waals surface area contributed by atoms with E-state index in [9.17, 15) is 4.79 Å². The number of hydrogen-bond acceptors (Lipinski definition) is 2. The summed E-state index contributed by atoms with van der Waals surface area (Å²) in [6.45, 7) is 0. The van der Waals surface area contributed by atoms with E-state index in [4.69, 9.17) is 39.5 Å². The lowest BCUT2D eigenvalue weighted by Gasteiger charge is -2.08. The predicted molar refractivity (Wildman–Crippen MR) is 67.3 cm³/mol. The molecule has 0 fully saturated rings. The molecule has 88 valence electrons. The Kier molecular flexibility index (Phi) is 5.39. The Morgan fingerprint density at radius 2 is 2.00 bits per heavy atom. The van der Waals surface area contributed by atoms with Gasteiger partial charge in [0.1, 0.15) is 5.75 Å². The van der Waals surface area contributed by atoms with Gasteiger partial charge in [-0.05, 0) is 18.6 Å². The maximum Gasteiger partial charge on any atom is 0.164 e. The highest BCUT2D eigenvalue weighted by Crippen LogP contribution is 2.31. The van der Waals surface area contributed by atoms with E-state index in [1.165, 1.54) is 13.2 Å². The van der Waals surface area contributed by atoms with Crippen LogP contribution in [0.2, 0.25) is 10.0 Å². The molecule has 1 aromatic carbocycles. The largest absolute Gasteiger partial charge is 0.495 e. The van der Waals surface area contributed by atoms with Gasteiger partial charge in [-0.15, -0.1) is 11.6 Å². The molecule has 0 heterocycles. The van der Waals surface area contributed by atoms with Gasteiger partial charge in [-0.3, -0.25) is 4.79 Å². The average Bonchev–Trinajstić information content (AvgIpc) is 2.26. The SMILES string of the molecule is COc1cc(C(=O)CCCCl)c(Cl)cc1Cl. The zero-order valence-corrected chi connectivity index (χ0v) is 11.0. The van der Waals surface area contributed by atoms with Crippen molar-refractivity contribution in [3.8, 4) is 5.75 Å². The monoisotopic (exact) mass is 280 g/mol. The van der Waals surface area contributed by atoms with Gasteiger partial charge in [-0.1, -0.05) is 23.2 Å². The quantitative estimate of drug-likeness (QED) is 0.597. The second-order valence-corrected chi connectivity index (χ2v) is 4.37. The number of Topliss-reactive ketones (excluding diaryl/α,β-unsaturated/α-hetero) is 1. The summed E-state index contributed by atoms with van der Waals surface area (Å²) in [7, 11) is 1.49. The minimum Gasteiger partial charge on any atom is -0.495 e. The number of benzene rings is 1. The minimum absolute atomic E-state index is 0.0550. The van der Waals surface area contributed by atoms with E-state index >= 15 is 0 Å². The maximum absolute atomic E-state index is 11.8. The van der Waals surface area contributed by atoms with E-state index in [1.807, 2.05) is 0 Å². The topological polar surface area (TPSA) is 26.3 Å². The fourth-order valence-electron chi connectivity index (χ4n) is 1.26. The molecular weight excluding hydrogens is 270 g/mol. The molecule has 0 saturated heterocycles. The number of carbonyl (C=O) groups is 1. The Hall–Kier alpha value is -0.440. The van der Waals surface area contributed by atoms with Crippen molar-refractivity contribution in [2.24, 2.45) is 0 Å². The number of ether oxygens (including phenoxy) is 1. The first-order valence-electron chi connectivity index (χ1n) is 4.72. The Labute approximate surface area is 109 Å². The summed E-state index contributed by atoms with van der Waals surface area (Å²) in [6, 6.07) is 3.07. The van der Waals surface area contributed by atoms with Crippen molar-refractivity contribution in [2.75, 3.05) is 13.0 Å². The fraction of sp³-hybridized carbons (Fsp3) is 0.364. The molecule has 0 N–H and O–H groups in total. The van der Waals surface area contributed by atoms with Gasteiger partial charge in [0.2, 0.25) is 0 Å². The lowest BCUT2D eigenvalue weighted by molar-refractivity contribution is 0.0982. The van der Waals surface area contributed by atoms with Gasteiger partial charge < -0.3 is 4.74 Å². The molecule has 1 aromatic rings. The highest BCUT2D eigenvalue weighted by Gasteiger charge is 2.13. The van der Waals surface area contributed by atoms with Crippen molar-refractivity contribution in [2.45, 2.75) is 12.8 Å². The Bertz CT molecular complexity index is 391.